The zero-order valence-electron chi connectivity index (χ0n) is 10.8. The normalized spacial score (nSPS) is 9.81. The lowest BCUT2D eigenvalue weighted by atomic mass is 10.2. The van der Waals surface area contributed by atoms with Gasteiger partial charge in [0, 0.05) is 11.9 Å². The number of H-pyrrole nitrogens is 1. The van der Waals surface area contributed by atoms with Crippen LogP contribution in [0.2, 0.25) is 0 Å². The molecule has 0 spiro atoms. The summed E-state index contributed by atoms with van der Waals surface area (Å²) in [5, 5.41) is 22.3. The van der Waals surface area contributed by atoms with E-state index in [9.17, 15) is 0 Å². The number of fused-ring (bicyclic) bond motifs is 1. The summed E-state index contributed by atoms with van der Waals surface area (Å²) in [4.78, 5) is 8.87. The van der Waals surface area contributed by atoms with E-state index in [1.54, 1.807) is 23.5 Å². The lowest BCUT2D eigenvalue weighted by molar-refractivity contribution is 1.36. The number of hydrogen-bond donors (Lipinski definition) is 2. The molecule has 0 fully saturated rings. The van der Waals surface area contributed by atoms with Crippen molar-refractivity contribution < 1.29 is 0 Å². The van der Waals surface area contributed by atoms with Crippen LogP contribution in [0.3, 0.4) is 0 Å². The Kier molecular flexibility index (Phi) is 3.38. The smallest absolute Gasteiger partial charge is 0.148 e. The first-order valence-electron chi connectivity index (χ1n) is 6.10. The van der Waals surface area contributed by atoms with Gasteiger partial charge in [-0.1, -0.05) is 6.07 Å². The third kappa shape index (κ3) is 2.62. The number of benzene rings is 1. The van der Waals surface area contributed by atoms with Crippen LogP contribution in [0.5, 0.6) is 0 Å². The van der Waals surface area contributed by atoms with Gasteiger partial charge in [-0.25, -0.2) is 4.98 Å². The van der Waals surface area contributed by atoms with Crippen LogP contribution in [-0.2, 0) is 0 Å². The van der Waals surface area contributed by atoms with E-state index in [1.165, 1.54) is 6.20 Å². The molecule has 2 aromatic heterocycles. The number of anilines is 1. The van der Waals surface area contributed by atoms with Gasteiger partial charge >= 0.3 is 0 Å². The largest absolute Gasteiger partial charge is 0.360 e. The Balaban J connectivity index is 1.93. The predicted molar refractivity (Wildman–Crippen MR) is 82.3 cm³/mol. The Morgan fingerprint density at radius 3 is 2.86 bits per heavy atom. The zero-order chi connectivity index (χ0) is 14.7. The molecule has 3 aromatic rings. The number of aromatic nitrogens is 2. The number of aromatic amines is 1. The van der Waals surface area contributed by atoms with E-state index in [2.05, 4.69) is 15.3 Å². The summed E-state index contributed by atoms with van der Waals surface area (Å²) in [5.74, 6) is 0.836. The van der Waals surface area contributed by atoms with Crippen molar-refractivity contribution in [3.8, 4) is 22.8 Å². The molecule has 0 unspecified atom stereocenters. The molecule has 2 heterocycles. The Bertz CT molecular complexity index is 874. The molecule has 0 bridgehead atoms. The van der Waals surface area contributed by atoms with E-state index in [0.29, 0.717) is 0 Å². The van der Waals surface area contributed by atoms with E-state index in [0.717, 1.165) is 27.4 Å². The summed E-state index contributed by atoms with van der Waals surface area (Å²) in [7, 11) is 0. The third-order valence-corrected chi connectivity index (χ3v) is 3.74. The Morgan fingerprint density at radius 1 is 1.29 bits per heavy atom. The van der Waals surface area contributed by atoms with Crippen LogP contribution in [0, 0.1) is 22.7 Å². The lowest BCUT2D eigenvalue weighted by Gasteiger charge is -1.99. The molecule has 1 aromatic carbocycles. The van der Waals surface area contributed by atoms with Crippen molar-refractivity contribution in [2.75, 3.05) is 5.32 Å². The molecule has 0 aliphatic heterocycles. The van der Waals surface area contributed by atoms with Gasteiger partial charge in [-0.15, -0.1) is 11.3 Å². The molecule has 21 heavy (non-hydrogen) atoms. The molecule has 100 valence electrons. The van der Waals surface area contributed by atoms with Crippen LogP contribution < -0.4 is 5.32 Å². The van der Waals surface area contributed by atoms with Crippen molar-refractivity contribution in [3.63, 3.8) is 0 Å². The number of thiophene rings is 1. The van der Waals surface area contributed by atoms with Crippen LogP contribution in [0.15, 0.2) is 47.5 Å². The van der Waals surface area contributed by atoms with Gasteiger partial charge in [0.05, 0.1) is 15.9 Å². The number of nitrogens with zero attached hydrogens (tertiary/aromatic N) is 3. The second-order valence-corrected chi connectivity index (χ2v) is 5.17. The minimum Gasteiger partial charge on any atom is -0.360 e. The molecule has 0 saturated carbocycles. The van der Waals surface area contributed by atoms with Gasteiger partial charge in [-0.3, -0.25) is 0 Å². The fourth-order valence-electron chi connectivity index (χ4n) is 1.87. The maximum Gasteiger partial charge on any atom is 0.148 e. The average molecular weight is 291 g/mol. The monoisotopic (exact) mass is 291 g/mol. The molecule has 0 aliphatic rings. The lowest BCUT2D eigenvalue weighted by Crippen LogP contribution is -1.89. The summed E-state index contributed by atoms with van der Waals surface area (Å²) in [5.41, 5.74) is 2.58. The molecule has 5 nitrogen and oxygen atoms in total. The first kappa shape index (κ1) is 12.9. The summed E-state index contributed by atoms with van der Waals surface area (Å²) in [6.45, 7) is 0. The van der Waals surface area contributed by atoms with Crippen LogP contribution in [0.4, 0.5) is 5.69 Å². The van der Waals surface area contributed by atoms with Gasteiger partial charge < -0.3 is 10.3 Å². The van der Waals surface area contributed by atoms with Crippen LogP contribution in [0.25, 0.3) is 21.7 Å². The van der Waals surface area contributed by atoms with E-state index in [4.69, 9.17) is 10.5 Å². The quantitative estimate of drug-likeness (QED) is 0.721. The average Bonchev–Trinajstić information content (AvgIpc) is 3.16. The molecule has 3 rings (SSSR count). The standard InChI is InChI=1S/C15H9N5S/c16-7-10(8-17)9-18-11-3-4-12-13(6-11)20-15(19-12)14-2-1-5-21-14/h1-6,9,18H,(H,19,20). The molecule has 0 radical (unpaired) electrons. The molecule has 0 aliphatic carbocycles. The summed E-state index contributed by atoms with van der Waals surface area (Å²) in [6, 6.07) is 13.2. The topological polar surface area (TPSA) is 88.3 Å². The second-order valence-electron chi connectivity index (χ2n) is 4.22. The molecular weight excluding hydrogens is 282 g/mol. The highest BCUT2D eigenvalue weighted by Crippen LogP contribution is 2.25. The SMILES string of the molecule is N#CC(C#N)=CNc1ccc2nc(-c3cccs3)[nH]c2c1. The van der Waals surface area contributed by atoms with Gasteiger partial charge in [0.2, 0.25) is 0 Å². The molecule has 0 amide bonds. The molecule has 0 atom stereocenters. The van der Waals surface area contributed by atoms with E-state index in [1.807, 2.05) is 35.7 Å². The summed E-state index contributed by atoms with van der Waals surface area (Å²) in [6.07, 6.45) is 1.39. The Hall–Kier alpha value is -3.09. The van der Waals surface area contributed by atoms with Crippen molar-refractivity contribution in [1.29, 1.82) is 10.5 Å². The first-order chi connectivity index (χ1) is 10.3. The molecular formula is C15H9N5S. The summed E-state index contributed by atoms with van der Waals surface area (Å²) >= 11 is 1.62. The number of rotatable bonds is 3. The van der Waals surface area contributed by atoms with Gasteiger partial charge in [0.15, 0.2) is 0 Å². The second kappa shape index (κ2) is 5.49. The first-order valence-corrected chi connectivity index (χ1v) is 6.98. The minimum atomic E-state index is 0.0268. The van der Waals surface area contributed by atoms with Crippen molar-refractivity contribution in [1.82, 2.24) is 9.97 Å². The van der Waals surface area contributed by atoms with Gasteiger partial charge in [-0.2, -0.15) is 10.5 Å². The van der Waals surface area contributed by atoms with Crippen LogP contribution >= 0.6 is 11.3 Å². The van der Waals surface area contributed by atoms with Crippen LogP contribution in [-0.4, -0.2) is 9.97 Å². The highest BCUT2D eigenvalue weighted by atomic mass is 32.1. The van der Waals surface area contributed by atoms with Crippen molar-refractivity contribution >= 4 is 28.1 Å². The number of nitrogens with one attached hydrogen (secondary N) is 2. The van der Waals surface area contributed by atoms with E-state index < -0.39 is 0 Å². The van der Waals surface area contributed by atoms with E-state index in [-0.39, 0.29) is 5.57 Å². The highest BCUT2D eigenvalue weighted by Gasteiger charge is 2.06. The maximum absolute atomic E-state index is 8.69. The van der Waals surface area contributed by atoms with Gasteiger partial charge in [0.25, 0.3) is 0 Å². The number of nitriles is 2. The fraction of sp³-hybridized carbons (Fsp3) is 0. The van der Waals surface area contributed by atoms with Crippen LogP contribution in [0.1, 0.15) is 0 Å². The minimum absolute atomic E-state index is 0.0268. The molecule has 2 N–H and O–H groups in total. The van der Waals surface area contributed by atoms with Gasteiger partial charge in [0.1, 0.15) is 23.5 Å². The highest BCUT2D eigenvalue weighted by molar-refractivity contribution is 7.13. The molecule has 6 heteroatoms. The van der Waals surface area contributed by atoms with Crippen molar-refractivity contribution in [2.45, 2.75) is 0 Å². The van der Waals surface area contributed by atoms with Crippen molar-refractivity contribution in [2.24, 2.45) is 0 Å². The Morgan fingerprint density at radius 2 is 2.14 bits per heavy atom. The van der Waals surface area contributed by atoms with E-state index >= 15 is 0 Å². The zero-order valence-corrected chi connectivity index (χ0v) is 11.6. The molecule has 0 saturated heterocycles. The van der Waals surface area contributed by atoms with Crippen molar-refractivity contribution in [3.05, 3.63) is 47.5 Å². The Labute approximate surface area is 124 Å². The predicted octanol–water partition coefficient (Wildman–Crippen LogP) is 3.63. The number of hydrogen-bond acceptors (Lipinski definition) is 5. The third-order valence-electron chi connectivity index (χ3n) is 2.86. The fourth-order valence-corrected chi connectivity index (χ4v) is 2.54. The summed E-state index contributed by atoms with van der Waals surface area (Å²) < 4.78 is 0. The maximum atomic E-state index is 8.69. The van der Waals surface area contributed by atoms with Gasteiger partial charge in [-0.05, 0) is 29.6 Å². The number of allylic oxidation sites excluding steroid dienone is 1. The number of imidazole rings is 1.